The Morgan fingerprint density at radius 1 is 0.375 bits per heavy atom. The van der Waals surface area contributed by atoms with Crippen molar-refractivity contribution in [2.24, 2.45) is 0 Å². The van der Waals surface area contributed by atoms with E-state index < -0.39 is 5.41 Å². The van der Waals surface area contributed by atoms with Gasteiger partial charge in [-0.15, -0.1) is 0 Å². The molecule has 11 rings (SSSR count). The maximum atomic E-state index is 2.51. The van der Waals surface area contributed by atoms with Gasteiger partial charge in [0.15, 0.2) is 0 Å². The fraction of sp³-hybridized carbons (Fsp3) is 0.0794. The van der Waals surface area contributed by atoms with Crippen molar-refractivity contribution in [1.29, 1.82) is 0 Å². The second kappa shape index (κ2) is 16.2. The van der Waals surface area contributed by atoms with Gasteiger partial charge in [0.1, 0.15) is 0 Å². The molecule has 0 fully saturated rings. The van der Waals surface area contributed by atoms with Crippen molar-refractivity contribution >= 4 is 27.8 Å². The van der Waals surface area contributed by atoms with Gasteiger partial charge < -0.3 is 4.90 Å². The normalized spacial score (nSPS) is 12.6. The highest BCUT2D eigenvalue weighted by atomic mass is 15.1. The van der Waals surface area contributed by atoms with Gasteiger partial charge in [0, 0.05) is 16.9 Å². The maximum absolute atomic E-state index is 2.51. The lowest BCUT2D eigenvalue weighted by Crippen LogP contribution is -2.28. The van der Waals surface area contributed by atoms with Gasteiger partial charge in [0.05, 0.1) is 11.1 Å². The number of hydrogen-bond acceptors (Lipinski definition) is 1. The number of rotatable bonds is 9. The van der Waals surface area contributed by atoms with E-state index in [4.69, 9.17) is 0 Å². The van der Waals surface area contributed by atoms with E-state index in [-0.39, 0.29) is 0 Å². The van der Waals surface area contributed by atoms with Gasteiger partial charge in [-0.1, -0.05) is 214 Å². The van der Waals surface area contributed by atoms with E-state index in [1.165, 1.54) is 88.7 Å². The first kappa shape index (κ1) is 39.1. The van der Waals surface area contributed by atoms with E-state index >= 15 is 0 Å². The van der Waals surface area contributed by atoms with Crippen molar-refractivity contribution in [2.75, 3.05) is 4.90 Å². The van der Waals surface area contributed by atoms with Crippen molar-refractivity contribution in [3.63, 3.8) is 0 Å². The molecule has 1 aliphatic carbocycles. The van der Waals surface area contributed by atoms with Crippen LogP contribution in [-0.2, 0) is 5.41 Å². The fourth-order valence-electron chi connectivity index (χ4n) is 10.4. The summed E-state index contributed by atoms with van der Waals surface area (Å²) in [5, 5.41) is 2.43. The van der Waals surface area contributed by atoms with Gasteiger partial charge >= 0.3 is 0 Å². The summed E-state index contributed by atoms with van der Waals surface area (Å²) in [6, 6.07) is 87.7. The van der Waals surface area contributed by atoms with Gasteiger partial charge in [-0.25, -0.2) is 0 Å². The molecular weight excluding hydrogens is 771 g/mol. The zero-order valence-electron chi connectivity index (χ0n) is 36.5. The van der Waals surface area contributed by atoms with E-state index in [1.54, 1.807) is 0 Å². The molecule has 0 aromatic heterocycles. The van der Waals surface area contributed by atoms with Crippen LogP contribution in [0.4, 0.5) is 17.1 Å². The zero-order chi connectivity index (χ0) is 43.2. The van der Waals surface area contributed by atoms with Gasteiger partial charge in [0.25, 0.3) is 0 Å². The van der Waals surface area contributed by atoms with E-state index in [9.17, 15) is 0 Å². The second-order valence-electron chi connectivity index (χ2n) is 17.5. The van der Waals surface area contributed by atoms with Crippen LogP contribution in [0.15, 0.2) is 237 Å². The van der Waals surface area contributed by atoms with Crippen LogP contribution in [0.5, 0.6) is 0 Å². The summed E-state index contributed by atoms with van der Waals surface area (Å²) in [5.74, 6) is 0.343. The molecule has 0 unspecified atom stereocenters. The largest absolute Gasteiger partial charge is 0.310 e. The van der Waals surface area contributed by atoms with Gasteiger partial charge in [-0.05, 0) is 132 Å². The predicted molar refractivity (Wildman–Crippen MR) is 271 cm³/mol. The molecule has 306 valence electrons. The minimum atomic E-state index is -0.535. The summed E-state index contributed by atoms with van der Waals surface area (Å²) in [6.45, 7) is 6.86. The Kier molecular flexibility index (Phi) is 9.90. The first-order valence-corrected chi connectivity index (χ1v) is 22.5. The zero-order valence-corrected chi connectivity index (χ0v) is 36.5. The van der Waals surface area contributed by atoms with E-state index in [2.05, 4.69) is 262 Å². The average Bonchev–Trinajstić information content (AvgIpc) is 3.66. The topological polar surface area (TPSA) is 3.24 Å². The van der Waals surface area contributed by atoms with Crippen LogP contribution in [-0.4, -0.2) is 0 Å². The molecule has 0 radical (unpaired) electrons. The van der Waals surface area contributed by atoms with Crippen LogP contribution in [0.2, 0.25) is 0 Å². The van der Waals surface area contributed by atoms with Crippen LogP contribution in [0.1, 0.15) is 53.1 Å². The Balaban J connectivity index is 1.16. The fourth-order valence-corrected chi connectivity index (χ4v) is 10.4. The molecule has 0 heterocycles. The first-order chi connectivity index (χ1) is 31.5. The molecule has 0 atom stereocenters. The summed E-state index contributed by atoms with van der Waals surface area (Å²) >= 11 is 0. The Morgan fingerprint density at radius 2 is 0.891 bits per heavy atom. The van der Waals surface area contributed by atoms with E-state index in [0.717, 1.165) is 17.1 Å². The lowest BCUT2D eigenvalue weighted by atomic mass is 9.67. The summed E-state index contributed by atoms with van der Waals surface area (Å²) < 4.78 is 0. The predicted octanol–water partition coefficient (Wildman–Crippen LogP) is 17.1. The standard InChI is InChI=1S/C63H49N/c1-43(2)55-27-15-16-28-56(55)58-40-49-21-13-14-22-50(49)41-61(58)64(53-36-34-48(35-37-53)47-32-30-46(31-33-47)45-19-7-4-8-20-45)54-38-39-57-60(42-54)63(51-23-9-5-10-24-51,52-25-11-6-12-26-52)59-29-17-18-44(3)62(57)59/h4-43H,1-3H3. The molecule has 10 aromatic carbocycles. The summed E-state index contributed by atoms with van der Waals surface area (Å²) in [5.41, 5.74) is 20.4. The highest BCUT2D eigenvalue weighted by Crippen LogP contribution is 2.58. The maximum Gasteiger partial charge on any atom is 0.0714 e. The van der Waals surface area contributed by atoms with Crippen LogP contribution < -0.4 is 4.90 Å². The number of anilines is 3. The highest BCUT2D eigenvalue weighted by Gasteiger charge is 2.47. The van der Waals surface area contributed by atoms with Crippen LogP contribution >= 0.6 is 0 Å². The number of benzene rings is 10. The molecule has 10 aromatic rings. The summed E-state index contributed by atoms with van der Waals surface area (Å²) in [4.78, 5) is 2.51. The Hall–Kier alpha value is -7.74. The monoisotopic (exact) mass is 819 g/mol. The SMILES string of the molecule is Cc1cccc2c1-c1ccc(N(c3ccc(-c4ccc(-c5ccccc5)cc4)cc3)c3cc4ccccc4cc3-c3ccccc3C(C)C)cc1C2(c1ccccc1)c1ccccc1. The molecule has 1 heteroatoms. The van der Waals surface area contributed by atoms with Gasteiger partial charge in [0.2, 0.25) is 0 Å². The Labute approximate surface area is 377 Å². The molecule has 0 saturated carbocycles. The molecule has 1 nitrogen and oxygen atoms in total. The van der Waals surface area contributed by atoms with Crippen LogP contribution in [0, 0.1) is 6.92 Å². The lowest BCUT2D eigenvalue weighted by molar-refractivity contribution is 0.768. The molecule has 64 heavy (non-hydrogen) atoms. The number of hydrogen-bond donors (Lipinski definition) is 0. The van der Waals surface area contributed by atoms with Gasteiger partial charge in [-0.3, -0.25) is 0 Å². The average molecular weight is 820 g/mol. The van der Waals surface area contributed by atoms with Crippen LogP contribution in [0.25, 0.3) is 55.3 Å². The second-order valence-corrected chi connectivity index (χ2v) is 17.5. The molecule has 0 saturated heterocycles. The van der Waals surface area contributed by atoms with Crippen molar-refractivity contribution in [3.05, 3.63) is 270 Å². The van der Waals surface area contributed by atoms with Crippen LogP contribution in [0.3, 0.4) is 0 Å². The highest BCUT2D eigenvalue weighted by molar-refractivity contribution is 6.00. The Morgan fingerprint density at radius 3 is 1.52 bits per heavy atom. The molecule has 0 bridgehead atoms. The third-order valence-electron chi connectivity index (χ3n) is 13.5. The lowest BCUT2D eigenvalue weighted by Gasteiger charge is -2.35. The van der Waals surface area contributed by atoms with Gasteiger partial charge in [-0.2, -0.15) is 0 Å². The van der Waals surface area contributed by atoms with Crippen molar-refractivity contribution in [2.45, 2.75) is 32.1 Å². The van der Waals surface area contributed by atoms with Crippen molar-refractivity contribution in [1.82, 2.24) is 0 Å². The molecule has 1 aliphatic rings. The minimum absolute atomic E-state index is 0.343. The molecular formula is C63H49N. The molecule has 0 N–H and O–H groups in total. The third kappa shape index (κ3) is 6.55. The van der Waals surface area contributed by atoms with Crippen molar-refractivity contribution in [3.8, 4) is 44.5 Å². The smallest absolute Gasteiger partial charge is 0.0714 e. The summed E-state index contributed by atoms with van der Waals surface area (Å²) in [7, 11) is 0. The quantitative estimate of drug-likeness (QED) is 0.140. The number of nitrogens with zero attached hydrogens (tertiary/aromatic N) is 1. The minimum Gasteiger partial charge on any atom is -0.310 e. The molecule has 0 aliphatic heterocycles. The Bertz CT molecular complexity index is 3230. The van der Waals surface area contributed by atoms with E-state index in [0.29, 0.717) is 5.92 Å². The first-order valence-electron chi connectivity index (χ1n) is 22.5. The van der Waals surface area contributed by atoms with Crippen molar-refractivity contribution < 1.29 is 0 Å². The summed E-state index contributed by atoms with van der Waals surface area (Å²) in [6.07, 6.45) is 0. The molecule has 0 amide bonds. The number of aryl methyl sites for hydroxylation is 1. The van der Waals surface area contributed by atoms with E-state index in [1.807, 2.05) is 0 Å². The number of fused-ring (bicyclic) bond motifs is 4. The third-order valence-corrected chi connectivity index (χ3v) is 13.5. The molecule has 0 spiro atoms.